The van der Waals surface area contributed by atoms with Gasteiger partial charge in [-0.2, -0.15) is 0 Å². The van der Waals surface area contributed by atoms with E-state index in [1.54, 1.807) is 6.20 Å². The third kappa shape index (κ3) is 5.18. The first-order chi connectivity index (χ1) is 14.9. The van der Waals surface area contributed by atoms with E-state index in [9.17, 15) is 9.90 Å². The van der Waals surface area contributed by atoms with Crippen molar-refractivity contribution in [2.45, 2.75) is 38.8 Å². The zero-order valence-electron chi connectivity index (χ0n) is 17.5. The molecule has 164 valence electrons. The molecule has 1 aromatic heterocycles. The molecule has 2 N–H and O–H groups in total. The molecular formula is C22H25ClN4O3S. The normalized spacial score (nSPS) is 25.2. The number of amidine groups is 1. The molecule has 2 atom stereocenters. The van der Waals surface area contributed by atoms with E-state index in [1.165, 1.54) is 11.3 Å². The molecule has 1 aromatic rings. The third-order valence-electron chi connectivity index (χ3n) is 5.59. The second-order valence-electron chi connectivity index (χ2n) is 7.89. The Bertz CT molecular complexity index is 998. The number of morpholine rings is 1. The molecule has 2 aliphatic heterocycles. The Morgan fingerprint density at radius 3 is 2.90 bits per heavy atom. The summed E-state index contributed by atoms with van der Waals surface area (Å²) in [5, 5.41) is 16.4. The van der Waals surface area contributed by atoms with Gasteiger partial charge in [0.1, 0.15) is 12.1 Å². The van der Waals surface area contributed by atoms with E-state index in [2.05, 4.69) is 22.1 Å². The Kier molecular flexibility index (Phi) is 6.77. The van der Waals surface area contributed by atoms with Crippen LogP contribution in [0.3, 0.4) is 0 Å². The van der Waals surface area contributed by atoms with Crippen LogP contribution in [0.15, 0.2) is 38.4 Å². The summed E-state index contributed by atoms with van der Waals surface area (Å²) in [5.41, 5.74) is 2.62. The lowest BCUT2D eigenvalue weighted by Crippen LogP contribution is -2.52. The number of nitrogens with zero attached hydrogens (tertiary/aromatic N) is 3. The minimum absolute atomic E-state index is 0.169. The van der Waals surface area contributed by atoms with Gasteiger partial charge in [-0.05, 0) is 32.3 Å². The van der Waals surface area contributed by atoms with Crippen LogP contribution in [0.1, 0.15) is 31.7 Å². The zero-order chi connectivity index (χ0) is 22.0. The number of thiazole rings is 1. The number of aromatic nitrogens is 1. The molecule has 2 fully saturated rings. The lowest BCUT2D eigenvalue weighted by Gasteiger charge is -2.35. The van der Waals surface area contributed by atoms with Crippen molar-refractivity contribution in [3.8, 4) is 11.8 Å². The van der Waals surface area contributed by atoms with Crippen LogP contribution < -0.4 is 5.32 Å². The van der Waals surface area contributed by atoms with Crippen molar-refractivity contribution in [3.63, 3.8) is 0 Å². The fraction of sp³-hybridized carbons (Fsp3) is 0.500. The molecule has 0 bridgehead atoms. The molecule has 1 saturated heterocycles. The minimum Gasteiger partial charge on any atom is -0.480 e. The summed E-state index contributed by atoms with van der Waals surface area (Å²) in [4.78, 5) is 23.0. The van der Waals surface area contributed by atoms with Gasteiger partial charge in [0.25, 0.3) is 0 Å². The van der Waals surface area contributed by atoms with E-state index < -0.39 is 12.0 Å². The number of rotatable bonds is 5. The highest BCUT2D eigenvalue weighted by Gasteiger charge is 2.33. The van der Waals surface area contributed by atoms with Crippen molar-refractivity contribution in [1.82, 2.24) is 15.2 Å². The first-order valence-electron chi connectivity index (χ1n) is 10.3. The van der Waals surface area contributed by atoms with Gasteiger partial charge in [0.05, 0.1) is 18.8 Å². The highest BCUT2D eigenvalue weighted by Crippen LogP contribution is 2.30. The summed E-state index contributed by atoms with van der Waals surface area (Å²) in [6, 6.07) is -1.03. The number of hydrogen-bond donors (Lipinski definition) is 2. The smallest absolute Gasteiger partial charge is 0.323 e. The number of carboxylic acid groups (broad SMARTS) is 1. The van der Waals surface area contributed by atoms with Crippen LogP contribution in [0.4, 0.5) is 0 Å². The van der Waals surface area contributed by atoms with Gasteiger partial charge in [0, 0.05) is 41.3 Å². The van der Waals surface area contributed by atoms with Crippen LogP contribution in [0.5, 0.6) is 0 Å². The van der Waals surface area contributed by atoms with E-state index in [4.69, 9.17) is 21.3 Å². The number of aliphatic carboxylic acids is 1. The molecule has 4 rings (SSSR count). The first-order valence-corrected chi connectivity index (χ1v) is 11.6. The van der Waals surface area contributed by atoms with Crippen molar-refractivity contribution < 1.29 is 14.6 Å². The number of carboxylic acids is 1. The van der Waals surface area contributed by atoms with Gasteiger partial charge in [-0.25, -0.2) is 4.98 Å². The van der Waals surface area contributed by atoms with Crippen LogP contribution in [-0.4, -0.2) is 65.2 Å². The second kappa shape index (κ2) is 9.53. The Morgan fingerprint density at radius 2 is 2.26 bits per heavy atom. The fourth-order valence-corrected chi connectivity index (χ4v) is 4.18. The molecule has 3 heterocycles. The molecule has 1 aliphatic carbocycles. The molecular weight excluding hydrogens is 436 g/mol. The molecule has 0 aromatic carbocycles. The Balaban J connectivity index is 1.75. The van der Waals surface area contributed by atoms with Gasteiger partial charge in [-0.3, -0.25) is 14.7 Å². The molecule has 2 unspecified atom stereocenters. The van der Waals surface area contributed by atoms with Crippen molar-refractivity contribution >= 4 is 34.7 Å². The minimum atomic E-state index is -0.889. The van der Waals surface area contributed by atoms with E-state index in [0.29, 0.717) is 36.5 Å². The Hall–Kier alpha value is -2.18. The maximum absolute atomic E-state index is 11.8. The Labute approximate surface area is 190 Å². The molecule has 0 amide bonds. The van der Waals surface area contributed by atoms with Gasteiger partial charge in [-0.15, -0.1) is 11.3 Å². The number of aliphatic imine (C=N–C) groups is 1. The van der Waals surface area contributed by atoms with Gasteiger partial charge < -0.3 is 15.2 Å². The molecule has 9 heteroatoms. The molecule has 3 aliphatic rings. The maximum Gasteiger partial charge on any atom is 0.323 e. The molecule has 31 heavy (non-hydrogen) atoms. The molecule has 0 radical (unpaired) electrons. The largest absolute Gasteiger partial charge is 0.480 e. The van der Waals surface area contributed by atoms with Gasteiger partial charge in [0.15, 0.2) is 10.8 Å². The quantitative estimate of drug-likeness (QED) is 0.657. The summed E-state index contributed by atoms with van der Waals surface area (Å²) in [6.07, 6.45) is 3.98. The second-order valence-corrected chi connectivity index (χ2v) is 9.36. The number of nitrogens with one attached hydrogen (secondary N) is 1. The summed E-state index contributed by atoms with van der Waals surface area (Å²) >= 11 is 7.88. The third-order valence-corrected chi connectivity index (χ3v) is 6.67. The number of ether oxygens (including phenoxy) is 1. The summed E-state index contributed by atoms with van der Waals surface area (Å²) in [7, 11) is 0. The SMILES string of the molecule is C/C(Cl)=C(\C)C1N=C(c2nccs2)NC(CN2CCOCC2C(=O)O)=C1C#CC1CC1. The highest BCUT2D eigenvalue weighted by molar-refractivity contribution is 7.11. The Morgan fingerprint density at radius 1 is 1.45 bits per heavy atom. The van der Waals surface area contributed by atoms with Crippen LogP contribution in [0.25, 0.3) is 0 Å². The molecule has 7 nitrogen and oxygen atoms in total. The lowest BCUT2D eigenvalue weighted by atomic mass is 9.95. The van der Waals surface area contributed by atoms with Crippen molar-refractivity contribution in [2.24, 2.45) is 10.9 Å². The van der Waals surface area contributed by atoms with Crippen LogP contribution >= 0.6 is 22.9 Å². The summed E-state index contributed by atoms with van der Waals surface area (Å²) in [6.45, 7) is 5.42. The number of halogens is 1. The number of carbonyl (C=O) groups is 1. The fourth-order valence-electron chi connectivity index (χ4n) is 3.49. The monoisotopic (exact) mass is 460 g/mol. The van der Waals surface area contributed by atoms with Crippen molar-refractivity contribution in [3.05, 3.63) is 38.5 Å². The predicted molar refractivity (Wildman–Crippen MR) is 121 cm³/mol. The number of hydrogen-bond acceptors (Lipinski definition) is 7. The first kappa shape index (κ1) is 22.0. The van der Waals surface area contributed by atoms with E-state index in [1.807, 2.05) is 24.1 Å². The average molecular weight is 461 g/mol. The van der Waals surface area contributed by atoms with Gasteiger partial charge in [0.2, 0.25) is 0 Å². The van der Waals surface area contributed by atoms with Crippen LogP contribution in [0, 0.1) is 17.8 Å². The predicted octanol–water partition coefficient (Wildman–Crippen LogP) is 2.85. The zero-order valence-corrected chi connectivity index (χ0v) is 19.1. The van der Waals surface area contributed by atoms with Crippen molar-refractivity contribution in [1.29, 1.82) is 0 Å². The topological polar surface area (TPSA) is 87.0 Å². The summed E-state index contributed by atoms with van der Waals surface area (Å²) in [5.74, 6) is 6.90. The standard InChI is InChI=1S/C22H25ClN4O3S/c1-13(14(2)23)19-16(6-5-15-3-4-15)17(25-20(26-19)21-24-7-10-31-21)11-27-8-9-30-12-18(27)22(28)29/h7,10,15,18-19H,3-4,8-9,11-12H2,1-2H3,(H,25,26)(H,28,29)/b14-13-. The lowest BCUT2D eigenvalue weighted by molar-refractivity contribution is -0.149. The van der Waals surface area contributed by atoms with E-state index in [-0.39, 0.29) is 12.6 Å². The maximum atomic E-state index is 11.8. The number of allylic oxidation sites excluding steroid dienone is 1. The van der Waals surface area contributed by atoms with E-state index >= 15 is 0 Å². The average Bonchev–Trinajstić information content (AvgIpc) is 3.42. The highest BCUT2D eigenvalue weighted by atomic mass is 35.5. The van der Waals surface area contributed by atoms with Crippen LogP contribution in [0.2, 0.25) is 0 Å². The molecule has 1 saturated carbocycles. The van der Waals surface area contributed by atoms with E-state index in [0.717, 1.165) is 34.7 Å². The molecule has 0 spiro atoms. The van der Waals surface area contributed by atoms with Crippen LogP contribution in [-0.2, 0) is 9.53 Å². The van der Waals surface area contributed by atoms with Gasteiger partial charge in [-0.1, -0.05) is 23.4 Å². The summed E-state index contributed by atoms with van der Waals surface area (Å²) < 4.78 is 5.40. The van der Waals surface area contributed by atoms with Gasteiger partial charge >= 0.3 is 5.97 Å². The van der Waals surface area contributed by atoms with Crippen molar-refractivity contribution in [2.75, 3.05) is 26.3 Å².